The third-order valence-electron chi connectivity index (χ3n) is 2.43. The Morgan fingerprint density at radius 1 is 1.19 bits per heavy atom. The number of hydrogen-bond acceptors (Lipinski definition) is 7. The van der Waals surface area contributed by atoms with Gasteiger partial charge in [0.05, 0.1) is 5.92 Å². The van der Waals surface area contributed by atoms with Crippen molar-refractivity contribution < 1.29 is 34.1 Å². The fourth-order valence-electron chi connectivity index (χ4n) is 1.34. The molecule has 1 unspecified atom stereocenters. The van der Waals surface area contributed by atoms with E-state index in [1.54, 1.807) is 13.8 Å². The molecule has 8 nitrogen and oxygen atoms in total. The molecule has 0 amide bonds. The lowest BCUT2D eigenvalue weighted by Crippen LogP contribution is -2.30. The summed E-state index contributed by atoms with van der Waals surface area (Å²) in [6, 6.07) is 2.26. The summed E-state index contributed by atoms with van der Waals surface area (Å²) >= 11 is 0. The second kappa shape index (κ2) is 7.41. The van der Waals surface area contributed by atoms with Crippen LogP contribution in [0.5, 0.6) is 11.8 Å². The highest BCUT2D eigenvalue weighted by molar-refractivity contribution is 5.71. The van der Waals surface area contributed by atoms with Crippen molar-refractivity contribution >= 4 is 12.1 Å². The molecule has 1 rings (SSSR count). The highest BCUT2D eigenvalue weighted by Crippen LogP contribution is 2.19. The van der Waals surface area contributed by atoms with Crippen LogP contribution in [-0.2, 0) is 14.3 Å². The molecule has 2 N–H and O–H groups in total. The molecular weight excluding hydrogens is 282 g/mol. The highest BCUT2D eigenvalue weighted by Gasteiger charge is 2.22. The molecule has 21 heavy (non-hydrogen) atoms. The Morgan fingerprint density at radius 3 is 2.24 bits per heavy atom. The van der Waals surface area contributed by atoms with E-state index < -0.39 is 30.2 Å². The molecular formula is C13H19NO7. The zero-order chi connectivity index (χ0) is 16.0. The first-order valence-corrected chi connectivity index (χ1v) is 6.54. The second-order valence-electron chi connectivity index (χ2n) is 4.61. The molecule has 0 bridgehead atoms. The maximum atomic E-state index is 11.6. The Morgan fingerprint density at radius 2 is 1.76 bits per heavy atom. The van der Waals surface area contributed by atoms with Gasteiger partial charge in [0.2, 0.25) is 11.8 Å². The van der Waals surface area contributed by atoms with Crippen molar-refractivity contribution in [3.05, 3.63) is 12.1 Å². The van der Waals surface area contributed by atoms with Gasteiger partial charge in [-0.2, -0.15) is 0 Å². The first-order chi connectivity index (χ1) is 9.85. The van der Waals surface area contributed by atoms with E-state index >= 15 is 0 Å². The zero-order valence-corrected chi connectivity index (χ0v) is 12.1. The van der Waals surface area contributed by atoms with Crippen LogP contribution in [0, 0.1) is 5.92 Å². The lowest BCUT2D eigenvalue weighted by Gasteiger charge is -2.18. The van der Waals surface area contributed by atoms with E-state index in [9.17, 15) is 19.8 Å². The summed E-state index contributed by atoms with van der Waals surface area (Å²) in [7, 11) is 0. The van der Waals surface area contributed by atoms with Gasteiger partial charge in [-0.3, -0.25) is 9.63 Å². The van der Waals surface area contributed by atoms with Crippen molar-refractivity contribution in [3.63, 3.8) is 0 Å². The molecule has 0 aliphatic heterocycles. The van der Waals surface area contributed by atoms with Gasteiger partial charge in [0.1, 0.15) is 0 Å². The maximum absolute atomic E-state index is 11.6. The molecule has 118 valence electrons. The van der Waals surface area contributed by atoms with Gasteiger partial charge >= 0.3 is 12.1 Å². The van der Waals surface area contributed by atoms with Crippen LogP contribution < -0.4 is 4.84 Å². The Hall–Kier alpha value is -2.38. The van der Waals surface area contributed by atoms with E-state index in [4.69, 9.17) is 9.47 Å². The number of carbonyl (C=O) groups is 2. The van der Waals surface area contributed by atoms with E-state index in [-0.39, 0.29) is 5.92 Å². The standard InChI is InChI=1S/C13H19NO7/c1-4-5-11(19-12(17)8(2)3)20-13(18)21-14-9(15)6-7-10(14)16/h6-8,11,15-16H,4-5H2,1-3H3. The molecule has 1 aromatic heterocycles. The van der Waals surface area contributed by atoms with Gasteiger partial charge in [-0.15, -0.1) is 4.73 Å². The Labute approximate surface area is 121 Å². The zero-order valence-electron chi connectivity index (χ0n) is 12.1. The van der Waals surface area contributed by atoms with E-state index in [1.165, 1.54) is 0 Å². The normalized spacial score (nSPS) is 12.0. The second-order valence-corrected chi connectivity index (χ2v) is 4.61. The van der Waals surface area contributed by atoms with Crippen LogP contribution >= 0.6 is 0 Å². The SMILES string of the molecule is CCCC(OC(=O)On1c(O)ccc1O)OC(=O)C(C)C. The molecule has 8 heteroatoms. The number of aromatic nitrogens is 1. The average molecular weight is 301 g/mol. The average Bonchev–Trinajstić information content (AvgIpc) is 2.70. The van der Waals surface area contributed by atoms with Gasteiger partial charge in [-0.1, -0.05) is 20.8 Å². The monoisotopic (exact) mass is 301 g/mol. The minimum absolute atomic E-state index is 0.303. The van der Waals surface area contributed by atoms with Crippen molar-refractivity contribution in [2.75, 3.05) is 0 Å². The maximum Gasteiger partial charge on any atom is 0.537 e. The van der Waals surface area contributed by atoms with Crippen LogP contribution in [0.25, 0.3) is 0 Å². The molecule has 0 spiro atoms. The highest BCUT2D eigenvalue weighted by atomic mass is 16.9. The van der Waals surface area contributed by atoms with Crippen LogP contribution in [0.15, 0.2) is 12.1 Å². The molecule has 0 aromatic carbocycles. The molecule has 0 fully saturated rings. The lowest BCUT2D eigenvalue weighted by atomic mass is 10.2. The van der Waals surface area contributed by atoms with Crippen LogP contribution in [0.2, 0.25) is 0 Å². The van der Waals surface area contributed by atoms with Crippen molar-refractivity contribution in [1.82, 2.24) is 4.73 Å². The molecule has 0 radical (unpaired) electrons. The van der Waals surface area contributed by atoms with Gasteiger partial charge in [0.25, 0.3) is 6.29 Å². The summed E-state index contributed by atoms with van der Waals surface area (Å²) in [6.45, 7) is 5.13. The predicted octanol–water partition coefficient (Wildman–Crippen LogP) is 1.79. The van der Waals surface area contributed by atoms with Crippen molar-refractivity contribution in [2.24, 2.45) is 5.92 Å². The van der Waals surface area contributed by atoms with E-state index in [1.807, 2.05) is 6.92 Å². The molecule has 1 aromatic rings. The topological polar surface area (TPSA) is 107 Å². The molecule has 1 heterocycles. The van der Waals surface area contributed by atoms with Gasteiger partial charge in [0, 0.05) is 18.6 Å². The Kier molecular flexibility index (Phi) is 5.89. The molecule has 0 aliphatic carbocycles. The van der Waals surface area contributed by atoms with Crippen LogP contribution in [0.1, 0.15) is 33.6 Å². The van der Waals surface area contributed by atoms with E-state index in [0.717, 1.165) is 12.1 Å². The summed E-state index contributed by atoms with van der Waals surface area (Å²) in [6.07, 6.45) is -1.38. The quantitative estimate of drug-likeness (QED) is 0.609. The molecule has 0 saturated heterocycles. The first-order valence-electron chi connectivity index (χ1n) is 6.54. The smallest absolute Gasteiger partial charge is 0.492 e. The van der Waals surface area contributed by atoms with Crippen molar-refractivity contribution in [1.29, 1.82) is 0 Å². The van der Waals surface area contributed by atoms with Crippen molar-refractivity contribution in [3.8, 4) is 11.8 Å². The number of aromatic hydroxyl groups is 2. The number of rotatable bonds is 6. The molecule has 1 atom stereocenters. The third-order valence-corrected chi connectivity index (χ3v) is 2.43. The van der Waals surface area contributed by atoms with Crippen LogP contribution in [0.4, 0.5) is 4.79 Å². The molecule has 0 saturated carbocycles. The predicted molar refractivity (Wildman–Crippen MR) is 70.4 cm³/mol. The summed E-state index contributed by atoms with van der Waals surface area (Å²) in [5.74, 6) is -1.82. The number of carbonyl (C=O) groups excluding carboxylic acids is 2. The lowest BCUT2D eigenvalue weighted by molar-refractivity contribution is -0.176. The van der Waals surface area contributed by atoms with E-state index in [2.05, 4.69) is 4.84 Å². The van der Waals surface area contributed by atoms with Gasteiger partial charge in [-0.05, 0) is 6.42 Å². The van der Waals surface area contributed by atoms with Crippen LogP contribution in [0.3, 0.4) is 0 Å². The number of nitrogens with zero attached hydrogens (tertiary/aromatic N) is 1. The fraction of sp³-hybridized carbons (Fsp3) is 0.538. The fourth-order valence-corrected chi connectivity index (χ4v) is 1.34. The number of ether oxygens (including phenoxy) is 2. The van der Waals surface area contributed by atoms with Crippen LogP contribution in [-0.4, -0.2) is 33.4 Å². The summed E-state index contributed by atoms with van der Waals surface area (Å²) in [4.78, 5) is 27.7. The molecule has 0 aliphatic rings. The minimum Gasteiger partial charge on any atom is -0.492 e. The first kappa shape index (κ1) is 16.7. The summed E-state index contributed by atoms with van der Waals surface area (Å²) in [5, 5.41) is 18.6. The minimum atomic E-state index is -1.22. The van der Waals surface area contributed by atoms with Crippen molar-refractivity contribution in [2.45, 2.75) is 39.9 Å². The van der Waals surface area contributed by atoms with Gasteiger partial charge in [0.15, 0.2) is 0 Å². The summed E-state index contributed by atoms with van der Waals surface area (Å²) in [5.41, 5.74) is 0. The Bertz CT molecular complexity index is 475. The third kappa shape index (κ3) is 4.90. The van der Waals surface area contributed by atoms with E-state index in [0.29, 0.717) is 17.6 Å². The number of esters is 1. The number of hydrogen-bond donors (Lipinski definition) is 2. The van der Waals surface area contributed by atoms with Gasteiger partial charge in [-0.25, -0.2) is 4.79 Å². The Balaban J connectivity index is 2.62. The largest absolute Gasteiger partial charge is 0.537 e. The summed E-state index contributed by atoms with van der Waals surface area (Å²) < 4.78 is 10.3. The van der Waals surface area contributed by atoms with Gasteiger partial charge < -0.3 is 19.7 Å².